The Bertz CT molecular complexity index is 355. The summed E-state index contributed by atoms with van der Waals surface area (Å²) in [6.45, 7) is 5.79. The molecule has 0 fully saturated rings. The highest BCUT2D eigenvalue weighted by Crippen LogP contribution is 2.27. The van der Waals surface area contributed by atoms with Crippen LogP contribution in [0.1, 0.15) is 44.7 Å². The second-order valence-corrected chi connectivity index (χ2v) is 4.90. The summed E-state index contributed by atoms with van der Waals surface area (Å²) < 4.78 is 0. The van der Waals surface area contributed by atoms with E-state index in [0.29, 0.717) is 12.1 Å². The average Bonchev–Trinajstić information content (AvgIpc) is 2.40. The monoisotopic (exact) mass is 229 g/mol. The van der Waals surface area contributed by atoms with Crippen LogP contribution in [0.15, 0.2) is 42.5 Å². The van der Waals surface area contributed by atoms with Gasteiger partial charge in [0.05, 0.1) is 0 Å². The van der Waals surface area contributed by atoms with Crippen LogP contribution in [0.2, 0.25) is 0 Å². The van der Waals surface area contributed by atoms with Crippen molar-refractivity contribution in [1.82, 2.24) is 4.90 Å². The Morgan fingerprint density at radius 1 is 1.29 bits per heavy atom. The van der Waals surface area contributed by atoms with Crippen LogP contribution in [0.4, 0.5) is 0 Å². The van der Waals surface area contributed by atoms with Gasteiger partial charge in [0, 0.05) is 18.6 Å². The molecule has 1 heterocycles. The highest BCUT2D eigenvalue weighted by molar-refractivity contribution is 5.19. The molecule has 1 heteroatoms. The van der Waals surface area contributed by atoms with E-state index in [0.717, 1.165) is 0 Å². The Balaban J connectivity index is 2.12. The van der Waals surface area contributed by atoms with Crippen molar-refractivity contribution in [3.8, 4) is 0 Å². The molecule has 0 amide bonds. The van der Waals surface area contributed by atoms with E-state index in [2.05, 4.69) is 61.2 Å². The van der Waals surface area contributed by atoms with Crippen LogP contribution >= 0.6 is 0 Å². The third-order valence-corrected chi connectivity index (χ3v) is 3.70. The molecule has 17 heavy (non-hydrogen) atoms. The Labute approximate surface area is 105 Å². The Kier molecular flexibility index (Phi) is 4.38. The van der Waals surface area contributed by atoms with Crippen molar-refractivity contribution in [2.75, 3.05) is 6.54 Å². The lowest BCUT2D eigenvalue weighted by molar-refractivity contribution is 0.158. The molecule has 0 N–H and O–H groups in total. The lowest BCUT2D eigenvalue weighted by Gasteiger charge is -2.37. The van der Waals surface area contributed by atoms with Gasteiger partial charge >= 0.3 is 0 Å². The van der Waals surface area contributed by atoms with Gasteiger partial charge in [0.2, 0.25) is 0 Å². The zero-order chi connectivity index (χ0) is 12.1. The molecule has 92 valence electrons. The normalized spacial score (nSPS) is 22.6. The van der Waals surface area contributed by atoms with Crippen molar-refractivity contribution < 1.29 is 0 Å². The van der Waals surface area contributed by atoms with E-state index in [1.807, 2.05) is 0 Å². The SMILES string of the molecule is CCC[C@@H]1C=CCCN1[C@H](C)c1ccccc1. The van der Waals surface area contributed by atoms with Crippen molar-refractivity contribution in [2.45, 2.75) is 45.2 Å². The highest BCUT2D eigenvalue weighted by Gasteiger charge is 2.23. The van der Waals surface area contributed by atoms with E-state index in [1.165, 1.54) is 31.4 Å². The van der Waals surface area contributed by atoms with Crippen LogP contribution in [0.3, 0.4) is 0 Å². The average molecular weight is 229 g/mol. The van der Waals surface area contributed by atoms with Gasteiger partial charge in [-0.15, -0.1) is 0 Å². The minimum Gasteiger partial charge on any atom is -0.290 e. The number of nitrogens with zero attached hydrogens (tertiary/aromatic N) is 1. The molecular weight excluding hydrogens is 206 g/mol. The zero-order valence-corrected chi connectivity index (χ0v) is 11.0. The van der Waals surface area contributed by atoms with Crippen molar-refractivity contribution in [2.24, 2.45) is 0 Å². The number of benzene rings is 1. The minimum absolute atomic E-state index is 0.526. The van der Waals surface area contributed by atoms with E-state index in [9.17, 15) is 0 Å². The largest absolute Gasteiger partial charge is 0.290 e. The van der Waals surface area contributed by atoms with Crippen molar-refractivity contribution in [3.05, 3.63) is 48.0 Å². The van der Waals surface area contributed by atoms with Gasteiger partial charge in [0.15, 0.2) is 0 Å². The Morgan fingerprint density at radius 2 is 2.06 bits per heavy atom. The maximum absolute atomic E-state index is 2.64. The van der Waals surface area contributed by atoms with Gasteiger partial charge in [-0.2, -0.15) is 0 Å². The molecule has 0 bridgehead atoms. The molecule has 2 atom stereocenters. The van der Waals surface area contributed by atoms with Gasteiger partial charge < -0.3 is 0 Å². The zero-order valence-electron chi connectivity index (χ0n) is 11.0. The molecule has 0 unspecified atom stereocenters. The van der Waals surface area contributed by atoms with Crippen LogP contribution in [0, 0.1) is 0 Å². The Hall–Kier alpha value is -1.08. The predicted molar refractivity (Wildman–Crippen MR) is 74.0 cm³/mol. The van der Waals surface area contributed by atoms with E-state index in [4.69, 9.17) is 0 Å². The Morgan fingerprint density at radius 3 is 2.76 bits per heavy atom. The van der Waals surface area contributed by atoms with Crippen molar-refractivity contribution in [3.63, 3.8) is 0 Å². The maximum Gasteiger partial charge on any atom is 0.0325 e. The van der Waals surface area contributed by atoms with E-state index >= 15 is 0 Å². The third-order valence-electron chi connectivity index (χ3n) is 3.70. The van der Waals surface area contributed by atoms with Crippen molar-refractivity contribution >= 4 is 0 Å². The van der Waals surface area contributed by atoms with E-state index in [1.54, 1.807) is 0 Å². The first-order valence-electron chi connectivity index (χ1n) is 6.80. The summed E-state index contributed by atoms with van der Waals surface area (Å²) in [6, 6.07) is 12.0. The fourth-order valence-corrected chi connectivity index (χ4v) is 2.71. The molecule has 1 aromatic carbocycles. The maximum atomic E-state index is 2.64. The molecule has 1 aliphatic rings. The van der Waals surface area contributed by atoms with Gasteiger partial charge in [-0.05, 0) is 25.3 Å². The third kappa shape index (κ3) is 2.98. The first-order chi connectivity index (χ1) is 8.33. The van der Waals surface area contributed by atoms with Crippen LogP contribution in [-0.2, 0) is 0 Å². The molecule has 2 rings (SSSR count). The predicted octanol–water partition coefficient (Wildman–Crippen LogP) is 4.18. The van der Waals surface area contributed by atoms with Gasteiger partial charge in [0.25, 0.3) is 0 Å². The molecule has 1 aromatic rings. The lowest BCUT2D eigenvalue weighted by atomic mass is 9.99. The molecule has 0 saturated carbocycles. The van der Waals surface area contributed by atoms with E-state index in [-0.39, 0.29) is 0 Å². The quantitative estimate of drug-likeness (QED) is 0.700. The van der Waals surface area contributed by atoms with Gasteiger partial charge in [-0.1, -0.05) is 55.8 Å². The summed E-state index contributed by atoms with van der Waals surface area (Å²) in [7, 11) is 0. The molecule has 0 saturated heterocycles. The minimum atomic E-state index is 0.526. The van der Waals surface area contributed by atoms with Crippen LogP contribution < -0.4 is 0 Å². The topological polar surface area (TPSA) is 3.24 Å². The summed E-state index contributed by atoms with van der Waals surface area (Å²) >= 11 is 0. The fourth-order valence-electron chi connectivity index (χ4n) is 2.71. The summed E-state index contributed by atoms with van der Waals surface area (Å²) in [5.41, 5.74) is 1.43. The number of rotatable bonds is 4. The van der Waals surface area contributed by atoms with Gasteiger partial charge in [0.1, 0.15) is 0 Å². The second-order valence-electron chi connectivity index (χ2n) is 4.90. The lowest BCUT2D eigenvalue weighted by Crippen LogP contribution is -2.38. The molecule has 1 aliphatic heterocycles. The summed E-state index contributed by atoms with van der Waals surface area (Å²) in [5, 5.41) is 0. The molecule has 0 aromatic heterocycles. The summed E-state index contributed by atoms with van der Waals surface area (Å²) in [6.07, 6.45) is 8.46. The molecule has 1 nitrogen and oxygen atoms in total. The highest BCUT2D eigenvalue weighted by atomic mass is 15.2. The smallest absolute Gasteiger partial charge is 0.0325 e. The van der Waals surface area contributed by atoms with Gasteiger partial charge in [-0.25, -0.2) is 0 Å². The summed E-state index contributed by atoms with van der Waals surface area (Å²) in [4.78, 5) is 2.64. The standard InChI is InChI=1S/C16H23N/c1-3-9-16-12-7-8-13-17(16)14(2)15-10-5-4-6-11-15/h4-7,10-12,14,16H,3,8-9,13H2,1-2H3/t14-,16-/m1/s1. The van der Waals surface area contributed by atoms with Crippen LogP contribution in [-0.4, -0.2) is 17.5 Å². The van der Waals surface area contributed by atoms with Gasteiger partial charge in [-0.3, -0.25) is 4.90 Å². The van der Waals surface area contributed by atoms with E-state index < -0.39 is 0 Å². The van der Waals surface area contributed by atoms with Crippen molar-refractivity contribution in [1.29, 1.82) is 0 Å². The van der Waals surface area contributed by atoms with Crippen LogP contribution in [0.25, 0.3) is 0 Å². The molecule has 0 radical (unpaired) electrons. The second kappa shape index (κ2) is 6.02. The fraction of sp³-hybridized carbons (Fsp3) is 0.500. The first kappa shape index (κ1) is 12.4. The van der Waals surface area contributed by atoms with Crippen LogP contribution in [0.5, 0.6) is 0 Å². The number of hydrogen-bond acceptors (Lipinski definition) is 1. The molecule has 0 spiro atoms. The molecule has 0 aliphatic carbocycles. The number of hydrogen-bond donors (Lipinski definition) is 0. The summed E-state index contributed by atoms with van der Waals surface area (Å²) in [5.74, 6) is 0. The molecular formula is C16H23N. The first-order valence-corrected chi connectivity index (χ1v) is 6.80.